The van der Waals surface area contributed by atoms with Crippen molar-refractivity contribution in [1.29, 1.82) is 0 Å². The maximum absolute atomic E-state index is 13.0. The molecular formula is C22H27N3O2S2. The average molecular weight is 430 g/mol. The summed E-state index contributed by atoms with van der Waals surface area (Å²) in [6, 6.07) is 9.96. The van der Waals surface area contributed by atoms with E-state index in [-0.39, 0.29) is 29.0 Å². The lowest BCUT2D eigenvalue weighted by molar-refractivity contribution is -0.166. The van der Waals surface area contributed by atoms with Crippen LogP contribution in [0.15, 0.2) is 41.5 Å². The smallest absolute Gasteiger partial charge is 0.236 e. The molecule has 2 bridgehead atoms. The van der Waals surface area contributed by atoms with Crippen molar-refractivity contribution in [3.05, 3.63) is 42.0 Å². The zero-order valence-corrected chi connectivity index (χ0v) is 18.9. The fourth-order valence-electron chi connectivity index (χ4n) is 4.13. The minimum absolute atomic E-state index is 0.0734. The van der Waals surface area contributed by atoms with E-state index in [0.29, 0.717) is 4.32 Å². The van der Waals surface area contributed by atoms with E-state index in [9.17, 15) is 9.59 Å². The molecule has 1 aromatic carbocycles. The third kappa shape index (κ3) is 4.16. The Balaban J connectivity index is 1.55. The largest absolute Gasteiger partial charge is 0.274 e. The molecule has 5 nitrogen and oxygen atoms in total. The highest BCUT2D eigenvalue weighted by Crippen LogP contribution is 2.60. The minimum Gasteiger partial charge on any atom is -0.274 e. The number of hydrogen-bond acceptors (Lipinski definition) is 5. The zero-order chi connectivity index (χ0) is 21.2. The van der Waals surface area contributed by atoms with Gasteiger partial charge in [-0.25, -0.2) is 0 Å². The number of thiocarbonyl (C=S) groups is 1. The number of likely N-dealkylation sites (tertiary alicyclic amines) is 1. The van der Waals surface area contributed by atoms with E-state index in [2.05, 4.69) is 10.5 Å². The second kappa shape index (κ2) is 8.40. The predicted molar refractivity (Wildman–Crippen MR) is 123 cm³/mol. The molecule has 1 heterocycles. The minimum atomic E-state index is -0.488. The van der Waals surface area contributed by atoms with E-state index in [0.717, 1.165) is 24.1 Å². The number of benzene rings is 1. The standard InChI is InChI=1S/C22H27N3O2S2/c1-15(10-11-16-8-6-5-7-9-16)23-24-20(28)29-14-25-18(26)17-12-13-22(4,19(25)27)21(17,2)3/h5-11,17H,12-14H2,1-4H3,(H,24,28)/b11-10-,23-15?/t17-,22+/m1/s1. The van der Waals surface area contributed by atoms with Crippen LogP contribution in [-0.4, -0.2) is 32.6 Å². The van der Waals surface area contributed by atoms with Gasteiger partial charge in [-0.1, -0.05) is 81.2 Å². The number of fused-ring (bicyclic) bond motifs is 2. The van der Waals surface area contributed by atoms with Gasteiger partial charge in [0.1, 0.15) is 0 Å². The number of allylic oxidation sites excluding steroid dienone is 1. The summed E-state index contributed by atoms with van der Waals surface area (Å²) in [5.41, 5.74) is 3.91. The van der Waals surface area contributed by atoms with E-state index >= 15 is 0 Å². The molecular weight excluding hydrogens is 402 g/mol. The molecule has 1 aromatic rings. The van der Waals surface area contributed by atoms with Crippen LogP contribution < -0.4 is 5.43 Å². The average Bonchev–Trinajstić information content (AvgIpc) is 2.89. The first-order valence-corrected chi connectivity index (χ1v) is 11.1. The lowest BCUT2D eigenvalue weighted by Crippen LogP contribution is -2.58. The van der Waals surface area contributed by atoms with Crippen molar-refractivity contribution in [2.24, 2.45) is 21.8 Å². The van der Waals surface area contributed by atoms with Gasteiger partial charge in [-0.05, 0) is 36.8 Å². The van der Waals surface area contributed by atoms with Crippen molar-refractivity contribution in [3.8, 4) is 0 Å². The summed E-state index contributed by atoms with van der Waals surface area (Å²) in [6.07, 6.45) is 5.40. The number of imide groups is 1. The van der Waals surface area contributed by atoms with Crippen LogP contribution in [0, 0.1) is 16.7 Å². The molecule has 29 heavy (non-hydrogen) atoms. The normalized spacial score (nSPS) is 26.3. The molecule has 2 fully saturated rings. The highest BCUT2D eigenvalue weighted by molar-refractivity contribution is 8.22. The molecule has 0 radical (unpaired) electrons. The van der Waals surface area contributed by atoms with Crippen LogP contribution in [0.25, 0.3) is 6.08 Å². The third-order valence-corrected chi connectivity index (χ3v) is 7.66. The molecule has 0 unspecified atom stereocenters. The van der Waals surface area contributed by atoms with Gasteiger partial charge in [-0.15, -0.1) is 0 Å². The Morgan fingerprint density at radius 2 is 2.00 bits per heavy atom. The fourth-order valence-corrected chi connectivity index (χ4v) is 4.94. The Morgan fingerprint density at radius 3 is 2.69 bits per heavy atom. The van der Waals surface area contributed by atoms with Gasteiger partial charge in [0.2, 0.25) is 11.8 Å². The Bertz CT molecular complexity index is 879. The summed E-state index contributed by atoms with van der Waals surface area (Å²) < 4.78 is 0.431. The number of piperidine rings is 1. The van der Waals surface area contributed by atoms with Crippen LogP contribution >= 0.6 is 24.0 Å². The van der Waals surface area contributed by atoms with Gasteiger partial charge in [-0.3, -0.25) is 19.9 Å². The molecule has 2 aliphatic rings. The van der Waals surface area contributed by atoms with Crippen LogP contribution in [0.4, 0.5) is 0 Å². The maximum atomic E-state index is 13.0. The number of thioether (sulfide) groups is 1. The number of carbonyl (C=O) groups is 2. The number of hydrazone groups is 1. The van der Waals surface area contributed by atoms with Crippen molar-refractivity contribution in [1.82, 2.24) is 10.3 Å². The quantitative estimate of drug-likeness (QED) is 0.324. The topological polar surface area (TPSA) is 61.8 Å². The summed E-state index contributed by atoms with van der Waals surface area (Å²) >= 11 is 6.57. The molecule has 0 spiro atoms. The summed E-state index contributed by atoms with van der Waals surface area (Å²) in [6.45, 7) is 7.94. The predicted octanol–water partition coefficient (Wildman–Crippen LogP) is 4.45. The third-order valence-electron chi connectivity index (χ3n) is 6.47. The van der Waals surface area contributed by atoms with Gasteiger partial charge in [0, 0.05) is 5.92 Å². The Kier molecular flexibility index (Phi) is 6.29. The van der Waals surface area contributed by atoms with Gasteiger partial charge in [0.05, 0.1) is 17.0 Å². The monoisotopic (exact) mass is 429 g/mol. The summed E-state index contributed by atoms with van der Waals surface area (Å²) in [5, 5.41) is 4.25. The van der Waals surface area contributed by atoms with Crippen LogP contribution in [0.5, 0.6) is 0 Å². The van der Waals surface area contributed by atoms with Gasteiger partial charge >= 0.3 is 0 Å². The van der Waals surface area contributed by atoms with Gasteiger partial charge in [0.15, 0.2) is 4.32 Å². The van der Waals surface area contributed by atoms with Crippen molar-refractivity contribution in [2.75, 3.05) is 5.88 Å². The molecule has 154 valence electrons. The molecule has 3 rings (SSSR count). The highest BCUT2D eigenvalue weighted by atomic mass is 32.2. The SMILES string of the molecule is CC(/C=C\c1ccccc1)=NNC(=S)SCN1C(=O)[C@H]2CC[C@@](C)(C1=O)C2(C)C. The van der Waals surface area contributed by atoms with Crippen molar-refractivity contribution in [2.45, 2.75) is 40.5 Å². The van der Waals surface area contributed by atoms with Gasteiger partial charge < -0.3 is 0 Å². The second-order valence-electron chi connectivity index (χ2n) is 8.39. The van der Waals surface area contributed by atoms with E-state index in [1.54, 1.807) is 0 Å². The Morgan fingerprint density at radius 1 is 1.31 bits per heavy atom. The molecule has 1 saturated carbocycles. The van der Waals surface area contributed by atoms with Crippen LogP contribution in [0.1, 0.15) is 46.1 Å². The van der Waals surface area contributed by atoms with Crippen molar-refractivity contribution in [3.63, 3.8) is 0 Å². The maximum Gasteiger partial charge on any atom is 0.236 e. The Labute approximate surface area is 182 Å². The first-order chi connectivity index (χ1) is 13.7. The molecule has 0 aromatic heterocycles. The molecule has 1 saturated heterocycles. The number of carbonyl (C=O) groups excluding carboxylic acids is 2. The Hall–Kier alpha value is -1.99. The number of hydrogen-bond donors (Lipinski definition) is 1. The molecule has 2 atom stereocenters. The van der Waals surface area contributed by atoms with Crippen LogP contribution in [0.3, 0.4) is 0 Å². The second-order valence-corrected chi connectivity index (χ2v) is 10.0. The number of nitrogens with zero attached hydrogens (tertiary/aromatic N) is 2. The fraction of sp³-hybridized carbons (Fsp3) is 0.455. The number of amides is 2. The molecule has 1 N–H and O–H groups in total. The highest BCUT2D eigenvalue weighted by Gasteiger charge is 2.64. The molecule has 1 aliphatic heterocycles. The number of rotatable bonds is 5. The van der Waals surface area contributed by atoms with E-state index in [4.69, 9.17) is 12.2 Å². The summed E-state index contributed by atoms with van der Waals surface area (Å²) in [4.78, 5) is 27.2. The summed E-state index contributed by atoms with van der Waals surface area (Å²) in [7, 11) is 0. The van der Waals surface area contributed by atoms with Gasteiger partial charge in [-0.2, -0.15) is 5.10 Å². The first-order valence-electron chi connectivity index (χ1n) is 9.73. The van der Waals surface area contributed by atoms with E-state index in [1.165, 1.54) is 16.7 Å². The van der Waals surface area contributed by atoms with E-state index in [1.807, 2.05) is 70.2 Å². The van der Waals surface area contributed by atoms with Gasteiger partial charge in [0.25, 0.3) is 0 Å². The zero-order valence-electron chi connectivity index (χ0n) is 17.3. The van der Waals surface area contributed by atoms with Crippen LogP contribution in [-0.2, 0) is 9.59 Å². The first kappa shape index (κ1) is 21.7. The molecule has 2 amide bonds. The van der Waals surface area contributed by atoms with Crippen LogP contribution in [0.2, 0.25) is 0 Å². The number of nitrogens with one attached hydrogen (secondary N) is 1. The van der Waals surface area contributed by atoms with Crippen molar-refractivity contribution < 1.29 is 9.59 Å². The van der Waals surface area contributed by atoms with E-state index < -0.39 is 5.41 Å². The lowest BCUT2D eigenvalue weighted by Gasteiger charge is -2.47. The molecule has 7 heteroatoms. The lowest BCUT2D eigenvalue weighted by atomic mass is 9.62. The van der Waals surface area contributed by atoms with Crippen molar-refractivity contribution >= 4 is 51.9 Å². The molecule has 1 aliphatic carbocycles. The summed E-state index contributed by atoms with van der Waals surface area (Å²) in [5.74, 6) is -0.0337.